The standard InChI is InChI=1S/C25H27N5O3/c1-5-33-21-13-11-19(12-14-21)15-26-24(31)18(4)30-25(32)23-22(16(2)27-30)17(3)29(28-23)20-9-7-6-8-10-20/h6-14,18H,5,15H2,1-4H3,(H,26,31)/t18-/m1/s1. The number of rotatable bonds is 7. The Morgan fingerprint density at radius 2 is 1.76 bits per heavy atom. The van der Waals surface area contributed by atoms with Gasteiger partial charge in [0.15, 0.2) is 5.52 Å². The van der Waals surface area contributed by atoms with Crippen molar-refractivity contribution in [3.63, 3.8) is 0 Å². The van der Waals surface area contributed by atoms with Crippen molar-refractivity contribution in [1.29, 1.82) is 0 Å². The molecule has 8 nitrogen and oxygen atoms in total. The van der Waals surface area contributed by atoms with Gasteiger partial charge in [-0.3, -0.25) is 9.59 Å². The molecule has 0 saturated heterocycles. The van der Waals surface area contributed by atoms with Crippen molar-refractivity contribution in [3.8, 4) is 11.4 Å². The minimum atomic E-state index is -0.787. The van der Waals surface area contributed by atoms with Crippen molar-refractivity contribution in [1.82, 2.24) is 24.9 Å². The highest BCUT2D eigenvalue weighted by Gasteiger charge is 2.23. The molecule has 0 fully saturated rings. The Kier molecular flexibility index (Phi) is 6.26. The van der Waals surface area contributed by atoms with E-state index in [4.69, 9.17) is 4.74 Å². The molecule has 0 saturated carbocycles. The van der Waals surface area contributed by atoms with Gasteiger partial charge in [-0.05, 0) is 57.5 Å². The molecule has 0 spiro atoms. The topological polar surface area (TPSA) is 91.0 Å². The van der Waals surface area contributed by atoms with Crippen molar-refractivity contribution in [2.24, 2.45) is 0 Å². The van der Waals surface area contributed by atoms with Crippen molar-refractivity contribution in [2.45, 2.75) is 40.3 Å². The number of aromatic nitrogens is 4. The molecule has 0 bridgehead atoms. The number of fused-ring (bicyclic) bond motifs is 1. The lowest BCUT2D eigenvalue weighted by atomic mass is 10.2. The highest BCUT2D eigenvalue weighted by atomic mass is 16.5. The van der Waals surface area contributed by atoms with Crippen LogP contribution in [0.3, 0.4) is 0 Å². The monoisotopic (exact) mass is 445 g/mol. The molecule has 33 heavy (non-hydrogen) atoms. The van der Waals surface area contributed by atoms with Crippen LogP contribution >= 0.6 is 0 Å². The van der Waals surface area contributed by atoms with E-state index in [0.29, 0.717) is 29.7 Å². The van der Waals surface area contributed by atoms with Gasteiger partial charge in [-0.2, -0.15) is 10.2 Å². The summed E-state index contributed by atoms with van der Waals surface area (Å²) >= 11 is 0. The van der Waals surface area contributed by atoms with Gasteiger partial charge in [-0.15, -0.1) is 0 Å². The molecular weight excluding hydrogens is 418 g/mol. The van der Waals surface area contributed by atoms with Crippen LogP contribution in [-0.2, 0) is 11.3 Å². The maximum Gasteiger partial charge on any atom is 0.295 e. The van der Waals surface area contributed by atoms with Crippen LogP contribution in [-0.4, -0.2) is 32.1 Å². The van der Waals surface area contributed by atoms with E-state index in [2.05, 4.69) is 15.5 Å². The average molecular weight is 446 g/mol. The van der Waals surface area contributed by atoms with E-state index in [1.54, 1.807) is 11.6 Å². The minimum absolute atomic E-state index is 0.295. The molecule has 8 heteroatoms. The van der Waals surface area contributed by atoms with E-state index in [9.17, 15) is 9.59 Å². The van der Waals surface area contributed by atoms with Crippen LogP contribution in [0.2, 0.25) is 0 Å². The molecule has 0 aliphatic heterocycles. The largest absolute Gasteiger partial charge is 0.494 e. The molecule has 0 aliphatic carbocycles. The first kappa shape index (κ1) is 22.3. The third-order valence-electron chi connectivity index (χ3n) is 5.59. The molecular formula is C25H27N5O3. The first-order valence-corrected chi connectivity index (χ1v) is 10.9. The maximum absolute atomic E-state index is 13.2. The van der Waals surface area contributed by atoms with E-state index in [0.717, 1.165) is 22.7 Å². The van der Waals surface area contributed by atoms with Crippen LogP contribution in [0.15, 0.2) is 59.4 Å². The number of hydrogen-bond acceptors (Lipinski definition) is 5. The molecule has 0 radical (unpaired) electrons. The zero-order chi connectivity index (χ0) is 23.5. The number of nitrogens with one attached hydrogen (secondary N) is 1. The van der Waals surface area contributed by atoms with Gasteiger partial charge in [-0.25, -0.2) is 9.36 Å². The van der Waals surface area contributed by atoms with Crippen LogP contribution in [0.5, 0.6) is 5.75 Å². The quantitative estimate of drug-likeness (QED) is 0.470. The predicted octanol–water partition coefficient (Wildman–Crippen LogP) is 3.48. The van der Waals surface area contributed by atoms with E-state index < -0.39 is 11.6 Å². The molecule has 4 aromatic rings. The van der Waals surface area contributed by atoms with E-state index in [1.165, 1.54) is 4.68 Å². The first-order chi connectivity index (χ1) is 15.9. The number of nitrogens with zero attached hydrogens (tertiary/aromatic N) is 4. The summed E-state index contributed by atoms with van der Waals surface area (Å²) < 4.78 is 8.39. The van der Waals surface area contributed by atoms with Crippen LogP contribution in [0.4, 0.5) is 0 Å². The number of benzene rings is 2. The van der Waals surface area contributed by atoms with Crippen LogP contribution < -0.4 is 15.6 Å². The number of aryl methyl sites for hydroxylation is 2. The molecule has 2 heterocycles. The van der Waals surface area contributed by atoms with Gasteiger partial charge >= 0.3 is 0 Å². The lowest BCUT2D eigenvalue weighted by Crippen LogP contribution is -2.37. The van der Waals surface area contributed by atoms with Gasteiger partial charge in [0.05, 0.1) is 29.1 Å². The summed E-state index contributed by atoms with van der Waals surface area (Å²) in [7, 11) is 0. The Morgan fingerprint density at radius 3 is 2.42 bits per heavy atom. The molecule has 1 amide bonds. The number of ether oxygens (including phenoxy) is 1. The third kappa shape index (κ3) is 4.37. The molecule has 4 rings (SSSR count). The van der Waals surface area contributed by atoms with E-state index in [-0.39, 0.29) is 5.91 Å². The summed E-state index contributed by atoms with van der Waals surface area (Å²) in [4.78, 5) is 26.0. The summed E-state index contributed by atoms with van der Waals surface area (Å²) in [6.07, 6.45) is 0. The van der Waals surface area contributed by atoms with E-state index >= 15 is 0 Å². The summed E-state index contributed by atoms with van der Waals surface area (Å²) in [5.74, 6) is 0.488. The van der Waals surface area contributed by atoms with Gasteiger partial charge in [-0.1, -0.05) is 30.3 Å². The Hall–Kier alpha value is -3.94. The molecule has 2 aromatic carbocycles. The van der Waals surface area contributed by atoms with Crippen molar-refractivity contribution in [3.05, 3.63) is 81.9 Å². The Morgan fingerprint density at radius 1 is 1.06 bits per heavy atom. The second kappa shape index (κ2) is 9.28. The van der Waals surface area contributed by atoms with Crippen molar-refractivity contribution >= 4 is 16.8 Å². The summed E-state index contributed by atoms with van der Waals surface area (Å²) in [5, 5.41) is 12.6. The lowest BCUT2D eigenvalue weighted by molar-refractivity contribution is -0.124. The normalized spacial score (nSPS) is 12.0. The predicted molar refractivity (Wildman–Crippen MR) is 127 cm³/mol. The average Bonchev–Trinajstić information content (AvgIpc) is 3.19. The molecule has 0 aliphatic rings. The Bertz CT molecular complexity index is 1340. The fourth-order valence-corrected chi connectivity index (χ4v) is 3.85. The van der Waals surface area contributed by atoms with Crippen LogP contribution in [0.25, 0.3) is 16.6 Å². The molecule has 0 unspecified atom stereocenters. The summed E-state index contributed by atoms with van der Waals surface area (Å²) in [6, 6.07) is 16.4. The molecule has 1 atom stereocenters. The first-order valence-electron chi connectivity index (χ1n) is 10.9. The lowest BCUT2D eigenvalue weighted by Gasteiger charge is -2.15. The highest BCUT2D eigenvalue weighted by Crippen LogP contribution is 2.21. The number of hydrogen-bond donors (Lipinski definition) is 1. The smallest absolute Gasteiger partial charge is 0.295 e. The highest BCUT2D eigenvalue weighted by molar-refractivity contribution is 5.84. The van der Waals surface area contributed by atoms with Gasteiger partial charge < -0.3 is 10.1 Å². The zero-order valence-corrected chi connectivity index (χ0v) is 19.2. The molecule has 170 valence electrons. The fourth-order valence-electron chi connectivity index (χ4n) is 3.85. The maximum atomic E-state index is 13.2. The van der Waals surface area contributed by atoms with Crippen molar-refractivity contribution < 1.29 is 9.53 Å². The number of carbonyl (C=O) groups excluding carboxylic acids is 1. The second-order valence-corrected chi connectivity index (χ2v) is 7.86. The Balaban J connectivity index is 1.59. The summed E-state index contributed by atoms with van der Waals surface area (Å²) in [6.45, 7) is 8.27. The Labute approximate surface area is 191 Å². The second-order valence-electron chi connectivity index (χ2n) is 7.86. The fraction of sp³-hybridized carbons (Fsp3) is 0.280. The van der Waals surface area contributed by atoms with Crippen LogP contribution in [0.1, 0.15) is 36.8 Å². The van der Waals surface area contributed by atoms with Gasteiger partial charge in [0, 0.05) is 6.54 Å². The zero-order valence-electron chi connectivity index (χ0n) is 19.2. The third-order valence-corrected chi connectivity index (χ3v) is 5.59. The van der Waals surface area contributed by atoms with Crippen molar-refractivity contribution in [2.75, 3.05) is 6.61 Å². The SMILES string of the molecule is CCOc1ccc(CNC(=O)[C@@H](C)n2nc(C)c3c(C)n(-c4ccccc4)nc3c2=O)cc1. The summed E-state index contributed by atoms with van der Waals surface area (Å²) in [5.41, 5.74) is 3.18. The van der Waals surface area contributed by atoms with Gasteiger partial charge in [0.25, 0.3) is 5.56 Å². The van der Waals surface area contributed by atoms with Gasteiger partial charge in [0.1, 0.15) is 11.8 Å². The van der Waals surface area contributed by atoms with Crippen LogP contribution in [0, 0.1) is 13.8 Å². The number of carbonyl (C=O) groups is 1. The van der Waals surface area contributed by atoms with Gasteiger partial charge in [0.2, 0.25) is 5.91 Å². The molecule has 1 N–H and O–H groups in total. The molecule has 2 aromatic heterocycles. The minimum Gasteiger partial charge on any atom is -0.494 e. The number of amides is 1. The van der Waals surface area contributed by atoms with E-state index in [1.807, 2.05) is 75.4 Å². The number of para-hydroxylation sites is 1.